The fourth-order valence-corrected chi connectivity index (χ4v) is 3.93. The van der Waals surface area contributed by atoms with Crippen molar-refractivity contribution in [3.63, 3.8) is 0 Å². The molecule has 5 nitrogen and oxygen atoms in total. The van der Waals surface area contributed by atoms with E-state index in [1.54, 1.807) is 6.20 Å². The molecule has 2 bridgehead atoms. The summed E-state index contributed by atoms with van der Waals surface area (Å²) < 4.78 is 7.96. The highest BCUT2D eigenvalue weighted by Gasteiger charge is 2.43. The van der Waals surface area contributed by atoms with E-state index >= 15 is 0 Å². The molecular weight excluding hydrogens is 290 g/mol. The molecule has 2 saturated heterocycles. The van der Waals surface area contributed by atoms with Crippen LogP contribution in [0.25, 0.3) is 0 Å². The maximum absolute atomic E-state index is 12.6. The highest BCUT2D eigenvalue weighted by atomic mass is 16.5. The average Bonchev–Trinajstić information content (AvgIpc) is 3.15. The first-order valence-corrected chi connectivity index (χ1v) is 8.29. The molecule has 2 aromatic heterocycles. The van der Waals surface area contributed by atoms with Crippen molar-refractivity contribution < 1.29 is 9.53 Å². The molecule has 23 heavy (non-hydrogen) atoms. The second kappa shape index (κ2) is 6.07. The van der Waals surface area contributed by atoms with Gasteiger partial charge in [0.1, 0.15) is 12.6 Å². The van der Waals surface area contributed by atoms with Gasteiger partial charge in [-0.25, -0.2) is 4.98 Å². The average molecular weight is 311 g/mol. The Morgan fingerprint density at radius 1 is 1.13 bits per heavy atom. The van der Waals surface area contributed by atoms with Gasteiger partial charge in [0.25, 0.3) is 0 Å². The first-order valence-electron chi connectivity index (χ1n) is 8.29. The van der Waals surface area contributed by atoms with Gasteiger partial charge in [0.2, 0.25) is 11.8 Å². The van der Waals surface area contributed by atoms with E-state index in [9.17, 15) is 4.79 Å². The summed E-state index contributed by atoms with van der Waals surface area (Å²) in [5, 5.41) is 0. The number of aromatic nitrogens is 2. The number of amides is 1. The van der Waals surface area contributed by atoms with Crippen LogP contribution in [0.1, 0.15) is 25.7 Å². The van der Waals surface area contributed by atoms with Crippen molar-refractivity contribution >= 4 is 5.91 Å². The van der Waals surface area contributed by atoms with Gasteiger partial charge >= 0.3 is 0 Å². The van der Waals surface area contributed by atoms with Gasteiger partial charge in [0.05, 0.1) is 0 Å². The summed E-state index contributed by atoms with van der Waals surface area (Å²) in [7, 11) is 0. The van der Waals surface area contributed by atoms with E-state index in [1.807, 2.05) is 47.3 Å². The lowest BCUT2D eigenvalue weighted by Crippen LogP contribution is -2.50. The first-order chi connectivity index (χ1) is 11.3. The van der Waals surface area contributed by atoms with Gasteiger partial charge in [-0.3, -0.25) is 4.79 Å². The molecule has 0 aliphatic carbocycles. The Bertz CT molecular complexity index is 642. The van der Waals surface area contributed by atoms with E-state index in [1.165, 1.54) is 0 Å². The standard InChI is InChI=1S/C18H21N3O2/c22-18(13-20-9-3-4-10-20)21-14-6-7-15(21)12-16(11-14)23-17-5-1-2-8-19-17/h1-5,8-10,14-16H,6-7,11-13H2. The second-order valence-electron chi connectivity index (χ2n) is 6.42. The predicted octanol–water partition coefficient (Wildman–Crippen LogP) is 2.48. The van der Waals surface area contributed by atoms with Gasteiger partial charge in [-0.05, 0) is 31.0 Å². The number of ether oxygens (including phenoxy) is 1. The van der Waals surface area contributed by atoms with Crippen LogP contribution in [0.2, 0.25) is 0 Å². The number of carbonyl (C=O) groups excluding carboxylic acids is 1. The number of rotatable bonds is 4. The van der Waals surface area contributed by atoms with Crippen molar-refractivity contribution in [1.82, 2.24) is 14.5 Å². The zero-order valence-electron chi connectivity index (χ0n) is 13.0. The Labute approximate surface area is 135 Å². The zero-order chi connectivity index (χ0) is 15.6. The molecule has 2 unspecified atom stereocenters. The molecule has 2 aliphatic heterocycles. The first kappa shape index (κ1) is 14.3. The quantitative estimate of drug-likeness (QED) is 0.871. The van der Waals surface area contributed by atoms with Crippen molar-refractivity contribution in [3.05, 3.63) is 48.9 Å². The van der Waals surface area contributed by atoms with Crippen LogP contribution in [-0.4, -0.2) is 38.5 Å². The number of nitrogens with zero attached hydrogens (tertiary/aromatic N) is 3. The highest BCUT2D eigenvalue weighted by molar-refractivity contribution is 5.77. The molecule has 1 amide bonds. The van der Waals surface area contributed by atoms with Crippen LogP contribution >= 0.6 is 0 Å². The summed E-state index contributed by atoms with van der Waals surface area (Å²) in [6.45, 7) is 0.436. The van der Waals surface area contributed by atoms with Gasteiger partial charge in [0, 0.05) is 49.6 Å². The Balaban J connectivity index is 1.41. The lowest BCUT2D eigenvalue weighted by Gasteiger charge is -2.38. The van der Waals surface area contributed by atoms with Crippen LogP contribution in [0.15, 0.2) is 48.9 Å². The molecule has 2 fully saturated rings. The largest absolute Gasteiger partial charge is 0.474 e. The Hall–Kier alpha value is -2.30. The van der Waals surface area contributed by atoms with Gasteiger partial charge < -0.3 is 14.2 Å². The second-order valence-corrected chi connectivity index (χ2v) is 6.42. The van der Waals surface area contributed by atoms with E-state index in [4.69, 9.17) is 4.74 Å². The highest BCUT2D eigenvalue weighted by Crippen LogP contribution is 2.37. The molecule has 0 N–H and O–H groups in total. The van der Waals surface area contributed by atoms with E-state index in [-0.39, 0.29) is 12.0 Å². The van der Waals surface area contributed by atoms with Crippen LogP contribution in [0.4, 0.5) is 0 Å². The smallest absolute Gasteiger partial charge is 0.242 e. The van der Waals surface area contributed by atoms with Crippen LogP contribution in [0.5, 0.6) is 5.88 Å². The van der Waals surface area contributed by atoms with Crippen LogP contribution in [-0.2, 0) is 11.3 Å². The zero-order valence-corrected chi connectivity index (χ0v) is 13.0. The minimum atomic E-state index is 0.165. The van der Waals surface area contributed by atoms with Crippen molar-refractivity contribution in [2.45, 2.75) is 50.4 Å². The van der Waals surface area contributed by atoms with E-state index in [0.29, 0.717) is 24.5 Å². The molecule has 120 valence electrons. The normalized spacial score (nSPS) is 26.3. The number of hydrogen-bond donors (Lipinski definition) is 0. The van der Waals surface area contributed by atoms with E-state index in [0.717, 1.165) is 25.7 Å². The third kappa shape index (κ3) is 2.96. The van der Waals surface area contributed by atoms with Crippen molar-refractivity contribution in [2.75, 3.05) is 0 Å². The minimum absolute atomic E-state index is 0.165. The van der Waals surface area contributed by atoms with Gasteiger partial charge in [-0.2, -0.15) is 0 Å². The molecular formula is C18H21N3O2. The van der Waals surface area contributed by atoms with Crippen molar-refractivity contribution in [2.24, 2.45) is 0 Å². The molecule has 2 aromatic rings. The maximum Gasteiger partial charge on any atom is 0.242 e. The summed E-state index contributed by atoms with van der Waals surface area (Å²) in [5.41, 5.74) is 0. The number of piperidine rings is 1. The summed E-state index contributed by atoms with van der Waals surface area (Å²) in [6, 6.07) is 10.2. The maximum atomic E-state index is 12.6. The Morgan fingerprint density at radius 3 is 2.52 bits per heavy atom. The predicted molar refractivity (Wildman–Crippen MR) is 86.0 cm³/mol. The van der Waals surface area contributed by atoms with E-state index in [2.05, 4.69) is 9.88 Å². The minimum Gasteiger partial charge on any atom is -0.474 e. The van der Waals surface area contributed by atoms with Gasteiger partial charge in [-0.1, -0.05) is 6.07 Å². The summed E-state index contributed by atoms with van der Waals surface area (Å²) in [6.07, 6.45) is 9.79. The SMILES string of the molecule is O=C(Cn1cccc1)N1C2CCC1CC(Oc1ccccn1)C2. The molecule has 0 spiro atoms. The molecule has 5 heteroatoms. The van der Waals surface area contributed by atoms with Gasteiger partial charge in [-0.15, -0.1) is 0 Å². The third-order valence-electron chi connectivity index (χ3n) is 4.89. The monoisotopic (exact) mass is 311 g/mol. The molecule has 4 heterocycles. The summed E-state index contributed by atoms with van der Waals surface area (Å²) >= 11 is 0. The number of carbonyl (C=O) groups is 1. The fourth-order valence-electron chi connectivity index (χ4n) is 3.93. The topological polar surface area (TPSA) is 47.4 Å². The molecule has 2 atom stereocenters. The lowest BCUT2D eigenvalue weighted by molar-refractivity contribution is -0.137. The van der Waals surface area contributed by atoms with E-state index < -0.39 is 0 Å². The van der Waals surface area contributed by atoms with Crippen LogP contribution < -0.4 is 4.74 Å². The Morgan fingerprint density at radius 2 is 1.87 bits per heavy atom. The molecule has 4 rings (SSSR count). The molecule has 0 aromatic carbocycles. The fraction of sp³-hybridized carbons (Fsp3) is 0.444. The summed E-state index contributed by atoms with van der Waals surface area (Å²) in [4.78, 5) is 19.0. The number of pyridine rings is 1. The number of fused-ring (bicyclic) bond motifs is 2. The van der Waals surface area contributed by atoms with Gasteiger partial charge in [0.15, 0.2) is 0 Å². The van der Waals surface area contributed by atoms with Crippen molar-refractivity contribution in [1.29, 1.82) is 0 Å². The van der Waals surface area contributed by atoms with Crippen molar-refractivity contribution in [3.8, 4) is 5.88 Å². The molecule has 0 radical (unpaired) electrons. The molecule has 0 saturated carbocycles. The van der Waals surface area contributed by atoms with Crippen LogP contribution in [0, 0.1) is 0 Å². The molecule has 2 aliphatic rings. The summed E-state index contributed by atoms with van der Waals surface area (Å²) in [5.74, 6) is 0.911. The third-order valence-corrected chi connectivity index (χ3v) is 4.89. The van der Waals surface area contributed by atoms with Crippen LogP contribution in [0.3, 0.4) is 0 Å². The number of hydrogen-bond acceptors (Lipinski definition) is 3. The Kier molecular flexibility index (Phi) is 3.77. The lowest BCUT2D eigenvalue weighted by atomic mass is 9.99.